The second kappa shape index (κ2) is 8.99. The fraction of sp³-hybridized carbons (Fsp3) is 0.278. The number of anilines is 1. The zero-order chi connectivity index (χ0) is 20.0. The SMILES string of the molecule is CC(C)c1ccc(C#N)c(SCCC(=O)Nc2ccc(S(N)(=O)=O)cc2)n1. The summed E-state index contributed by atoms with van der Waals surface area (Å²) >= 11 is 1.36. The largest absolute Gasteiger partial charge is 0.326 e. The van der Waals surface area contributed by atoms with Gasteiger partial charge in [-0.15, -0.1) is 11.8 Å². The van der Waals surface area contributed by atoms with E-state index in [0.29, 0.717) is 22.0 Å². The molecule has 1 heterocycles. The molecule has 0 spiro atoms. The molecule has 27 heavy (non-hydrogen) atoms. The van der Waals surface area contributed by atoms with E-state index in [2.05, 4.69) is 16.4 Å². The van der Waals surface area contributed by atoms with E-state index in [1.54, 1.807) is 6.07 Å². The highest BCUT2D eigenvalue weighted by molar-refractivity contribution is 7.99. The van der Waals surface area contributed by atoms with Crippen LogP contribution in [0.25, 0.3) is 0 Å². The number of hydrogen-bond donors (Lipinski definition) is 2. The Morgan fingerprint density at radius 3 is 2.48 bits per heavy atom. The average molecular weight is 405 g/mol. The van der Waals surface area contributed by atoms with Gasteiger partial charge in [-0.1, -0.05) is 13.8 Å². The molecule has 0 fully saturated rings. The van der Waals surface area contributed by atoms with Gasteiger partial charge in [0.05, 0.1) is 10.5 Å². The number of nitriles is 1. The minimum Gasteiger partial charge on any atom is -0.326 e. The highest BCUT2D eigenvalue weighted by Gasteiger charge is 2.11. The van der Waals surface area contributed by atoms with Crippen LogP contribution in [0.15, 0.2) is 46.3 Å². The number of hydrogen-bond acceptors (Lipinski definition) is 6. The van der Waals surface area contributed by atoms with Gasteiger partial charge in [0.2, 0.25) is 15.9 Å². The monoisotopic (exact) mass is 404 g/mol. The maximum atomic E-state index is 12.1. The number of primary sulfonamides is 1. The summed E-state index contributed by atoms with van der Waals surface area (Å²) in [5.74, 6) is 0.495. The molecule has 142 valence electrons. The van der Waals surface area contributed by atoms with E-state index >= 15 is 0 Å². The Labute approximate surface area is 163 Å². The van der Waals surface area contributed by atoms with E-state index in [-0.39, 0.29) is 23.1 Å². The maximum Gasteiger partial charge on any atom is 0.238 e. The average Bonchev–Trinajstić information content (AvgIpc) is 2.61. The minimum atomic E-state index is -3.76. The van der Waals surface area contributed by atoms with Crippen LogP contribution in [0.3, 0.4) is 0 Å². The molecule has 1 aromatic carbocycles. The predicted molar refractivity (Wildman–Crippen MR) is 105 cm³/mol. The van der Waals surface area contributed by atoms with Gasteiger partial charge >= 0.3 is 0 Å². The molecule has 0 aliphatic heterocycles. The van der Waals surface area contributed by atoms with Crippen molar-refractivity contribution in [1.82, 2.24) is 4.98 Å². The summed E-state index contributed by atoms with van der Waals surface area (Å²) in [6.07, 6.45) is 0.222. The van der Waals surface area contributed by atoms with Crippen LogP contribution in [-0.2, 0) is 14.8 Å². The smallest absolute Gasteiger partial charge is 0.238 e. The highest BCUT2D eigenvalue weighted by atomic mass is 32.2. The van der Waals surface area contributed by atoms with Gasteiger partial charge in [-0.05, 0) is 42.3 Å². The third-order valence-corrected chi connectivity index (χ3v) is 5.55. The van der Waals surface area contributed by atoms with Crippen molar-refractivity contribution in [2.24, 2.45) is 5.14 Å². The van der Waals surface area contributed by atoms with Crippen LogP contribution in [0.2, 0.25) is 0 Å². The lowest BCUT2D eigenvalue weighted by Gasteiger charge is -2.09. The number of nitrogens with zero attached hydrogens (tertiary/aromatic N) is 2. The van der Waals surface area contributed by atoms with Gasteiger partial charge in [-0.25, -0.2) is 18.5 Å². The Kier molecular flexibility index (Phi) is 6.96. The number of amides is 1. The minimum absolute atomic E-state index is 0.0174. The van der Waals surface area contributed by atoms with E-state index in [0.717, 1.165) is 5.69 Å². The molecule has 0 aliphatic rings. The quantitative estimate of drug-likeness (QED) is 0.683. The third kappa shape index (κ3) is 6.06. The molecule has 2 rings (SSSR count). The third-order valence-electron chi connectivity index (χ3n) is 3.63. The molecule has 3 N–H and O–H groups in total. The number of nitrogens with one attached hydrogen (secondary N) is 1. The summed E-state index contributed by atoms with van der Waals surface area (Å²) in [7, 11) is -3.76. The molecule has 0 saturated heterocycles. The fourth-order valence-electron chi connectivity index (χ4n) is 2.16. The normalized spacial score (nSPS) is 11.2. The van der Waals surface area contributed by atoms with Crippen molar-refractivity contribution in [3.63, 3.8) is 0 Å². The van der Waals surface area contributed by atoms with Crippen LogP contribution in [0.4, 0.5) is 5.69 Å². The molecule has 7 nitrogen and oxygen atoms in total. The second-order valence-corrected chi connectivity index (χ2v) is 8.72. The number of sulfonamides is 1. The van der Waals surface area contributed by atoms with Gasteiger partial charge in [0.25, 0.3) is 0 Å². The van der Waals surface area contributed by atoms with E-state index in [9.17, 15) is 18.5 Å². The fourth-order valence-corrected chi connectivity index (χ4v) is 3.60. The van der Waals surface area contributed by atoms with Crippen molar-refractivity contribution < 1.29 is 13.2 Å². The van der Waals surface area contributed by atoms with Gasteiger partial charge in [-0.3, -0.25) is 4.79 Å². The number of rotatable bonds is 7. The number of benzene rings is 1. The molecule has 0 bridgehead atoms. The van der Waals surface area contributed by atoms with Gasteiger partial charge in [-0.2, -0.15) is 5.26 Å². The van der Waals surface area contributed by atoms with Crippen molar-refractivity contribution in [1.29, 1.82) is 5.26 Å². The molecule has 2 aromatic rings. The molecule has 0 unspecified atom stereocenters. The molecule has 1 amide bonds. The standard InChI is InChI=1S/C18H20N4O3S2/c1-12(2)16-8-3-13(11-19)18(22-16)26-10-9-17(23)21-14-4-6-15(7-5-14)27(20,24)25/h3-8,12H,9-10H2,1-2H3,(H,21,23)(H2,20,24,25). The molecule has 9 heteroatoms. The summed E-state index contributed by atoms with van der Waals surface area (Å²) in [6.45, 7) is 4.05. The van der Waals surface area contributed by atoms with Crippen LogP contribution in [0.5, 0.6) is 0 Å². The van der Waals surface area contributed by atoms with Gasteiger partial charge < -0.3 is 5.32 Å². The van der Waals surface area contributed by atoms with Crippen LogP contribution >= 0.6 is 11.8 Å². The van der Waals surface area contributed by atoms with Crippen LogP contribution in [-0.4, -0.2) is 25.1 Å². The highest BCUT2D eigenvalue weighted by Crippen LogP contribution is 2.24. The topological polar surface area (TPSA) is 126 Å². The summed E-state index contributed by atoms with van der Waals surface area (Å²) < 4.78 is 22.4. The first-order chi connectivity index (χ1) is 12.7. The number of pyridine rings is 1. The maximum absolute atomic E-state index is 12.1. The number of carbonyl (C=O) groups excluding carboxylic acids is 1. The van der Waals surface area contributed by atoms with E-state index in [4.69, 9.17) is 5.14 Å². The van der Waals surface area contributed by atoms with Gasteiger partial charge in [0.1, 0.15) is 11.1 Å². The second-order valence-electron chi connectivity index (χ2n) is 6.07. The summed E-state index contributed by atoms with van der Waals surface area (Å²) in [4.78, 5) is 16.5. The first-order valence-corrected chi connectivity index (χ1v) is 10.7. The molecule has 1 aromatic heterocycles. The molecule has 0 aliphatic carbocycles. The predicted octanol–water partition coefficient (Wildman–Crippen LogP) is 2.84. The van der Waals surface area contributed by atoms with Crippen molar-refractivity contribution in [2.45, 2.75) is 36.1 Å². The molecular weight excluding hydrogens is 384 g/mol. The lowest BCUT2D eigenvalue weighted by Crippen LogP contribution is -2.14. The molecule has 0 saturated carbocycles. The van der Waals surface area contributed by atoms with E-state index < -0.39 is 10.0 Å². The van der Waals surface area contributed by atoms with Crippen molar-refractivity contribution >= 4 is 33.4 Å². The van der Waals surface area contributed by atoms with Crippen LogP contribution < -0.4 is 10.5 Å². The number of nitrogens with two attached hydrogens (primary N) is 1. The van der Waals surface area contributed by atoms with Crippen LogP contribution in [0, 0.1) is 11.3 Å². The zero-order valence-corrected chi connectivity index (χ0v) is 16.6. The number of aromatic nitrogens is 1. The Hall–Kier alpha value is -2.41. The van der Waals surface area contributed by atoms with Crippen LogP contribution in [0.1, 0.15) is 37.4 Å². The Morgan fingerprint density at radius 2 is 1.93 bits per heavy atom. The summed E-state index contributed by atoms with van der Waals surface area (Å²) in [6, 6.07) is 11.3. The molecular formula is C18H20N4O3S2. The number of thioether (sulfide) groups is 1. The zero-order valence-electron chi connectivity index (χ0n) is 15.0. The van der Waals surface area contributed by atoms with Gasteiger partial charge in [0.15, 0.2) is 0 Å². The van der Waals surface area contributed by atoms with Crippen molar-refractivity contribution in [3.8, 4) is 6.07 Å². The summed E-state index contributed by atoms with van der Waals surface area (Å²) in [5.41, 5.74) is 1.87. The van der Waals surface area contributed by atoms with Crippen molar-refractivity contribution in [3.05, 3.63) is 47.7 Å². The van der Waals surface area contributed by atoms with E-state index in [1.807, 2.05) is 19.9 Å². The first kappa shape index (κ1) is 20.9. The lowest BCUT2D eigenvalue weighted by atomic mass is 10.1. The lowest BCUT2D eigenvalue weighted by molar-refractivity contribution is -0.115. The molecule has 0 atom stereocenters. The van der Waals surface area contributed by atoms with E-state index in [1.165, 1.54) is 36.0 Å². The Bertz CT molecular complexity index is 965. The van der Waals surface area contributed by atoms with Gasteiger partial charge in [0, 0.05) is 23.6 Å². The molecule has 0 radical (unpaired) electrons. The Balaban J connectivity index is 1.93. The summed E-state index contributed by atoms with van der Waals surface area (Å²) in [5, 5.41) is 17.5. The van der Waals surface area contributed by atoms with Crippen molar-refractivity contribution in [2.75, 3.05) is 11.1 Å². The first-order valence-electron chi connectivity index (χ1n) is 8.17. The number of carbonyl (C=O) groups is 1. The Morgan fingerprint density at radius 1 is 1.26 bits per heavy atom.